The fourth-order valence-electron chi connectivity index (χ4n) is 2.04. The van der Waals surface area contributed by atoms with Crippen LogP contribution in [0.1, 0.15) is 32.8 Å². The topological polar surface area (TPSA) is 118 Å². The molecule has 0 aliphatic carbocycles. The first-order valence-electron chi connectivity index (χ1n) is 7.86. The van der Waals surface area contributed by atoms with Gasteiger partial charge in [-0.05, 0) is 12.0 Å². The van der Waals surface area contributed by atoms with Crippen molar-refractivity contribution in [2.24, 2.45) is 0 Å². The summed E-state index contributed by atoms with van der Waals surface area (Å²) in [6, 6.07) is 9.23. The number of amides is 1. The van der Waals surface area contributed by atoms with E-state index < -0.39 is 24.3 Å². The van der Waals surface area contributed by atoms with Crippen LogP contribution in [-0.4, -0.2) is 47.0 Å². The minimum atomic E-state index is -1.26. The van der Waals surface area contributed by atoms with E-state index in [0.717, 1.165) is 16.9 Å². The molecule has 1 heterocycles. The van der Waals surface area contributed by atoms with E-state index in [2.05, 4.69) is 15.0 Å². The van der Waals surface area contributed by atoms with Gasteiger partial charge in [0.2, 0.25) is 0 Å². The predicted octanol–water partition coefficient (Wildman–Crippen LogP) is 1.64. The molecule has 1 aromatic heterocycles. The zero-order valence-corrected chi connectivity index (χ0v) is 14.9. The van der Waals surface area contributed by atoms with Crippen molar-refractivity contribution in [1.29, 1.82) is 0 Å². The molecule has 0 aliphatic rings. The van der Waals surface area contributed by atoms with E-state index in [1.807, 2.05) is 30.3 Å². The summed E-state index contributed by atoms with van der Waals surface area (Å²) in [5, 5.41) is 22.8. The van der Waals surface area contributed by atoms with Crippen molar-refractivity contribution in [1.82, 2.24) is 10.3 Å². The highest BCUT2D eigenvalue weighted by Crippen LogP contribution is 2.24. The predicted molar refractivity (Wildman–Crippen MR) is 93.7 cm³/mol. The number of aliphatic hydroxyl groups excluding tert-OH is 2. The van der Waals surface area contributed by atoms with Gasteiger partial charge in [0.15, 0.2) is 0 Å². The molecule has 140 valence electrons. The van der Waals surface area contributed by atoms with Crippen LogP contribution < -0.4 is 5.32 Å². The number of rotatable bonds is 8. The molecule has 2 aromatic rings. The molecule has 0 radical (unpaired) electrons. The highest BCUT2D eigenvalue weighted by Gasteiger charge is 2.23. The summed E-state index contributed by atoms with van der Waals surface area (Å²) in [6.07, 6.45) is -1.66. The molecule has 26 heavy (non-hydrogen) atoms. The van der Waals surface area contributed by atoms with Crippen LogP contribution in [0.25, 0.3) is 0 Å². The molecule has 0 spiro atoms. The molecular formula is C17H20N2O6S. The first-order chi connectivity index (χ1) is 12.5. The molecule has 1 aromatic carbocycles. The van der Waals surface area contributed by atoms with Gasteiger partial charge in [0.25, 0.3) is 0 Å². The summed E-state index contributed by atoms with van der Waals surface area (Å²) in [5.74, 6) is -0.557. The van der Waals surface area contributed by atoms with Crippen LogP contribution in [-0.2, 0) is 16.1 Å². The van der Waals surface area contributed by atoms with Gasteiger partial charge < -0.3 is 25.0 Å². The number of aromatic nitrogens is 1. The van der Waals surface area contributed by atoms with Gasteiger partial charge in [-0.3, -0.25) is 0 Å². The normalized spacial score (nSPS) is 12.9. The lowest BCUT2D eigenvalue weighted by Crippen LogP contribution is -2.29. The fraction of sp³-hybridized carbons (Fsp3) is 0.353. The molecule has 1 amide bonds. The second kappa shape index (κ2) is 9.85. The zero-order valence-electron chi connectivity index (χ0n) is 14.1. The standard InChI is InChI=1S/C17H20N2O6S/c1-24-16(22)13-9-19-15(26-13)14(21)12(20)7-8-18-17(23)25-10-11-5-3-2-4-6-11/h2-6,9,12,14,20-21H,7-8,10H2,1H3,(H,18,23). The fourth-order valence-corrected chi connectivity index (χ4v) is 2.92. The first kappa shape index (κ1) is 19.8. The number of carbonyl (C=O) groups excluding carboxylic acids is 2. The number of hydrogen-bond donors (Lipinski definition) is 3. The summed E-state index contributed by atoms with van der Waals surface area (Å²) in [4.78, 5) is 27.1. The third kappa shape index (κ3) is 5.80. The Labute approximate surface area is 154 Å². The lowest BCUT2D eigenvalue weighted by Gasteiger charge is -2.15. The summed E-state index contributed by atoms with van der Waals surface area (Å²) >= 11 is 0.940. The van der Waals surface area contributed by atoms with E-state index in [9.17, 15) is 19.8 Å². The van der Waals surface area contributed by atoms with Gasteiger partial charge >= 0.3 is 12.1 Å². The molecule has 9 heteroatoms. The molecule has 0 saturated heterocycles. The van der Waals surface area contributed by atoms with E-state index >= 15 is 0 Å². The van der Waals surface area contributed by atoms with Crippen molar-refractivity contribution in [2.45, 2.75) is 25.2 Å². The Balaban J connectivity index is 1.72. The number of esters is 1. The van der Waals surface area contributed by atoms with Gasteiger partial charge in [0, 0.05) is 6.54 Å². The number of benzene rings is 1. The monoisotopic (exact) mass is 380 g/mol. The SMILES string of the molecule is COC(=O)c1cnc(C(O)C(O)CCNC(=O)OCc2ccccc2)s1. The van der Waals surface area contributed by atoms with Crippen LogP contribution in [0.5, 0.6) is 0 Å². The lowest BCUT2D eigenvalue weighted by atomic mass is 10.1. The average Bonchev–Trinajstić information content (AvgIpc) is 3.16. The maximum Gasteiger partial charge on any atom is 0.407 e. The highest BCUT2D eigenvalue weighted by molar-refractivity contribution is 7.13. The molecule has 2 atom stereocenters. The number of nitrogens with zero attached hydrogens (tertiary/aromatic N) is 1. The lowest BCUT2D eigenvalue weighted by molar-refractivity contribution is 0.0135. The Bertz CT molecular complexity index is 721. The van der Waals surface area contributed by atoms with Crippen LogP contribution in [0, 0.1) is 0 Å². The number of nitrogens with one attached hydrogen (secondary N) is 1. The van der Waals surface area contributed by atoms with E-state index in [-0.39, 0.29) is 29.5 Å². The molecule has 0 fully saturated rings. The number of carbonyl (C=O) groups is 2. The van der Waals surface area contributed by atoms with Crippen molar-refractivity contribution in [3.63, 3.8) is 0 Å². The number of thiazole rings is 1. The quantitative estimate of drug-likeness (QED) is 0.596. The Morgan fingerprint density at radius 1 is 1.27 bits per heavy atom. The molecule has 8 nitrogen and oxygen atoms in total. The third-order valence-electron chi connectivity index (χ3n) is 3.45. The summed E-state index contributed by atoms with van der Waals surface area (Å²) in [5.41, 5.74) is 0.864. The number of methoxy groups -OCH3 is 1. The minimum absolute atomic E-state index is 0.0920. The van der Waals surface area contributed by atoms with Crippen molar-refractivity contribution in [3.8, 4) is 0 Å². The second-order valence-electron chi connectivity index (χ2n) is 5.34. The van der Waals surface area contributed by atoms with Crippen LogP contribution in [0.4, 0.5) is 4.79 Å². The number of ether oxygens (including phenoxy) is 2. The maximum absolute atomic E-state index is 11.6. The minimum Gasteiger partial charge on any atom is -0.465 e. The molecule has 0 aliphatic heterocycles. The van der Waals surface area contributed by atoms with Gasteiger partial charge in [-0.25, -0.2) is 14.6 Å². The molecular weight excluding hydrogens is 360 g/mol. The Morgan fingerprint density at radius 2 is 2.00 bits per heavy atom. The summed E-state index contributed by atoms with van der Waals surface area (Å²) in [7, 11) is 1.25. The molecule has 2 rings (SSSR count). The van der Waals surface area contributed by atoms with Crippen LogP contribution in [0.15, 0.2) is 36.5 Å². The largest absolute Gasteiger partial charge is 0.465 e. The Kier molecular flexibility index (Phi) is 7.52. The van der Waals surface area contributed by atoms with Crippen LogP contribution >= 0.6 is 11.3 Å². The smallest absolute Gasteiger partial charge is 0.407 e. The van der Waals surface area contributed by atoms with E-state index in [1.165, 1.54) is 13.3 Å². The number of alkyl carbamates (subject to hydrolysis) is 1. The van der Waals surface area contributed by atoms with Crippen LogP contribution in [0.2, 0.25) is 0 Å². The molecule has 0 bridgehead atoms. The van der Waals surface area contributed by atoms with Crippen molar-refractivity contribution >= 4 is 23.4 Å². The van der Waals surface area contributed by atoms with Gasteiger partial charge in [-0.15, -0.1) is 11.3 Å². The Hall–Kier alpha value is -2.49. The van der Waals surface area contributed by atoms with Crippen LogP contribution in [0.3, 0.4) is 0 Å². The van der Waals surface area contributed by atoms with Gasteiger partial charge in [0.05, 0.1) is 19.4 Å². The molecule has 3 N–H and O–H groups in total. The number of hydrogen-bond acceptors (Lipinski definition) is 8. The zero-order chi connectivity index (χ0) is 18.9. The molecule has 2 unspecified atom stereocenters. The van der Waals surface area contributed by atoms with E-state index in [0.29, 0.717) is 0 Å². The summed E-state index contributed by atoms with van der Waals surface area (Å²) < 4.78 is 9.60. The average molecular weight is 380 g/mol. The Morgan fingerprint density at radius 3 is 2.69 bits per heavy atom. The number of aliphatic hydroxyl groups is 2. The third-order valence-corrected chi connectivity index (χ3v) is 4.50. The van der Waals surface area contributed by atoms with Crippen molar-refractivity contribution in [2.75, 3.05) is 13.7 Å². The molecule has 0 saturated carbocycles. The van der Waals surface area contributed by atoms with Gasteiger partial charge in [0.1, 0.15) is 22.6 Å². The summed E-state index contributed by atoms with van der Waals surface area (Å²) in [6.45, 7) is 0.258. The first-order valence-corrected chi connectivity index (χ1v) is 8.67. The van der Waals surface area contributed by atoms with Crippen molar-refractivity contribution in [3.05, 3.63) is 52.0 Å². The van der Waals surface area contributed by atoms with Gasteiger partial charge in [-0.1, -0.05) is 30.3 Å². The highest BCUT2D eigenvalue weighted by atomic mass is 32.1. The van der Waals surface area contributed by atoms with E-state index in [1.54, 1.807) is 0 Å². The van der Waals surface area contributed by atoms with E-state index in [4.69, 9.17) is 4.74 Å². The second-order valence-corrected chi connectivity index (χ2v) is 6.41. The maximum atomic E-state index is 11.6. The van der Waals surface area contributed by atoms with Crippen molar-refractivity contribution < 1.29 is 29.3 Å². The van der Waals surface area contributed by atoms with Gasteiger partial charge in [-0.2, -0.15) is 0 Å².